The summed E-state index contributed by atoms with van der Waals surface area (Å²) in [6.45, 7) is 1.93. The summed E-state index contributed by atoms with van der Waals surface area (Å²) in [7, 11) is 1.72. The minimum Gasteiger partial charge on any atom is -0.347 e. The second-order valence-corrected chi connectivity index (χ2v) is 3.87. The van der Waals surface area contributed by atoms with Crippen molar-refractivity contribution in [2.45, 2.75) is 25.8 Å². The van der Waals surface area contributed by atoms with Gasteiger partial charge in [0.15, 0.2) is 4.77 Å². The van der Waals surface area contributed by atoms with Crippen LogP contribution in [-0.4, -0.2) is 21.5 Å². The van der Waals surface area contributed by atoms with Crippen LogP contribution in [0.2, 0.25) is 0 Å². The number of carbonyl (C=O) groups is 1. The van der Waals surface area contributed by atoms with E-state index in [1.165, 1.54) is 0 Å². The molecule has 16 heavy (non-hydrogen) atoms. The SMILES string of the molecule is CC[C@@H](CC#N)NC(=O)c1c[nH]c(=S)n1C. The standard InChI is InChI=1S/C10H14N4OS/c1-3-7(4-5-11)13-9(15)8-6-12-10(16)14(8)2/h6-7H,3-4H2,1-2H3,(H,12,16)(H,13,15)/t7-/m0/s1. The lowest BCUT2D eigenvalue weighted by Gasteiger charge is -2.13. The van der Waals surface area contributed by atoms with Crippen LogP contribution in [0, 0.1) is 16.1 Å². The average Bonchev–Trinajstić information content (AvgIpc) is 2.59. The number of carbonyl (C=O) groups excluding carboxylic acids is 1. The summed E-state index contributed by atoms with van der Waals surface area (Å²) in [4.78, 5) is 14.6. The molecule has 0 bridgehead atoms. The Balaban J connectivity index is 2.76. The van der Waals surface area contributed by atoms with Crippen molar-refractivity contribution < 1.29 is 4.79 Å². The van der Waals surface area contributed by atoms with Crippen LogP contribution in [0.25, 0.3) is 0 Å². The summed E-state index contributed by atoms with van der Waals surface area (Å²) in [5, 5.41) is 11.4. The highest BCUT2D eigenvalue weighted by Crippen LogP contribution is 2.02. The number of amides is 1. The van der Waals surface area contributed by atoms with E-state index < -0.39 is 0 Å². The van der Waals surface area contributed by atoms with Crippen molar-refractivity contribution in [3.05, 3.63) is 16.7 Å². The Morgan fingerprint density at radius 2 is 2.50 bits per heavy atom. The fraction of sp³-hybridized carbons (Fsp3) is 0.500. The van der Waals surface area contributed by atoms with Gasteiger partial charge in [-0.1, -0.05) is 6.92 Å². The van der Waals surface area contributed by atoms with Crippen molar-refractivity contribution in [1.29, 1.82) is 5.26 Å². The van der Waals surface area contributed by atoms with E-state index in [2.05, 4.69) is 10.3 Å². The van der Waals surface area contributed by atoms with Crippen molar-refractivity contribution in [1.82, 2.24) is 14.9 Å². The van der Waals surface area contributed by atoms with E-state index in [1.54, 1.807) is 17.8 Å². The van der Waals surface area contributed by atoms with Gasteiger partial charge in [0.2, 0.25) is 0 Å². The Morgan fingerprint density at radius 3 is 2.94 bits per heavy atom. The first kappa shape index (κ1) is 12.5. The Hall–Kier alpha value is -1.61. The molecule has 0 aliphatic heterocycles. The van der Waals surface area contributed by atoms with E-state index in [9.17, 15) is 4.79 Å². The summed E-state index contributed by atoms with van der Waals surface area (Å²) >= 11 is 4.96. The Morgan fingerprint density at radius 1 is 1.81 bits per heavy atom. The first-order chi connectivity index (χ1) is 7.60. The molecule has 5 nitrogen and oxygen atoms in total. The van der Waals surface area contributed by atoms with E-state index in [0.717, 1.165) is 6.42 Å². The van der Waals surface area contributed by atoms with Crippen LogP contribution in [0.15, 0.2) is 6.20 Å². The summed E-state index contributed by atoms with van der Waals surface area (Å²) in [6, 6.07) is 1.94. The van der Waals surface area contributed by atoms with Crippen molar-refractivity contribution >= 4 is 18.1 Å². The second kappa shape index (κ2) is 5.47. The maximum atomic E-state index is 11.8. The molecule has 1 aromatic heterocycles. The van der Waals surface area contributed by atoms with Crippen LogP contribution in [0.5, 0.6) is 0 Å². The summed E-state index contributed by atoms with van der Waals surface area (Å²) in [5.74, 6) is -0.211. The number of nitrogens with zero attached hydrogens (tertiary/aromatic N) is 2. The number of nitriles is 1. The summed E-state index contributed by atoms with van der Waals surface area (Å²) in [6.07, 6.45) is 2.61. The normalized spacial score (nSPS) is 11.8. The van der Waals surface area contributed by atoms with Crippen molar-refractivity contribution in [3.8, 4) is 6.07 Å². The van der Waals surface area contributed by atoms with Crippen LogP contribution in [0.4, 0.5) is 0 Å². The number of H-pyrrole nitrogens is 1. The molecule has 0 aliphatic carbocycles. The second-order valence-electron chi connectivity index (χ2n) is 3.48. The molecule has 86 valence electrons. The number of aromatic nitrogens is 2. The highest BCUT2D eigenvalue weighted by atomic mass is 32.1. The first-order valence-corrected chi connectivity index (χ1v) is 5.43. The molecule has 1 atom stereocenters. The number of nitrogens with one attached hydrogen (secondary N) is 2. The number of hydrogen-bond acceptors (Lipinski definition) is 3. The fourth-order valence-corrected chi connectivity index (χ4v) is 1.48. The molecule has 0 spiro atoms. The van der Waals surface area contributed by atoms with E-state index in [0.29, 0.717) is 16.9 Å². The number of hydrogen-bond donors (Lipinski definition) is 2. The lowest BCUT2D eigenvalue weighted by atomic mass is 10.1. The van der Waals surface area contributed by atoms with Crippen LogP contribution in [-0.2, 0) is 7.05 Å². The predicted molar refractivity (Wildman–Crippen MR) is 62.4 cm³/mol. The zero-order chi connectivity index (χ0) is 12.1. The van der Waals surface area contributed by atoms with Gasteiger partial charge in [0.25, 0.3) is 5.91 Å². The Bertz CT molecular complexity index is 468. The molecule has 0 radical (unpaired) electrons. The maximum absolute atomic E-state index is 11.8. The van der Waals surface area contributed by atoms with Gasteiger partial charge in [0.1, 0.15) is 5.69 Å². The van der Waals surface area contributed by atoms with Crippen LogP contribution in [0.1, 0.15) is 30.3 Å². The van der Waals surface area contributed by atoms with Gasteiger partial charge >= 0.3 is 0 Å². The predicted octanol–water partition coefficient (Wildman–Crippen LogP) is 1.50. The summed E-state index contributed by atoms with van der Waals surface area (Å²) in [5.41, 5.74) is 0.474. The third kappa shape index (κ3) is 2.70. The van der Waals surface area contributed by atoms with Crippen molar-refractivity contribution in [3.63, 3.8) is 0 Å². The molecular formula is C10H14N4OS. The number of aromatic amines is 1. The van der Waals surface area contributed by atoms with Crippen LogP contribution >= 0.6 is 12.2 Å². The molecule has 1 heterocycles. The molecule has 1 aromatic rings. The minimum atomic E-state index is -0.211. The molecule has 0 saturated carbocycles. The largest absolute Gasteiger partial charge is 0.347 e. The fourth-order valence-electron chi connectivity index (χ4n) is 1.32. The number of rotatable bonds is 4. The smallest absolute Gasteiger partial charge is 0.269 e. The monoisotopic (exact) mass is 238 g/mol. The topological polar surface area (TPSA) is 73.6 Å². The van der Waals surface area contributed by atoms with E-state index in [4.69, 9.17) is 17.5 Å². The third-order valence-corrected chi connectivity index (χ3v) is 2.79. The van der Waals surface area contributed by atoms with Gasteiger partial charge in [0, 0.05) is 19.3 Å². The molecule has 0 saturated heterocycles. The van der Waals surface area contributed by atoms with Crippen molar-refractivity contribution in [2.75, 3.05) is 0 Å². The average molecular weight is 238 g/mol. The maximum Gasteiger partial charge on any atom is 0.269 e. The van der Waals surface area contributed by atoms with Crippen LogP contribution in [0.3, 0.4) is 0 Å². The first-order valence-electron chi connectivity index (χ1n) is 5.02. The van der Waals surface area contributed by atoms with Gasteiger partial charge in [-0.05, 0) is 18.6 Å². The van der Waals surface area contributed by atoms with E-state index >= 15 is 0 Å². The highest BCUT2D eigenvalue weighted by molar-refractivity contribution is 7.71. The molecule has 0 aliphatic rings. The highest BCUT2D eigenvalue weighted by Gasteiger charge is 2.14. The van der Waals surface area contributed by atoms with Gasteiger partial charge in [-0.3, -0.25) is 4.79 Å². The van der Waals surface area contributed by atoms with Crippen molar-refractivity contribution in [2.24, 2.45) is 7.05 Å². The van der Waals surface area contributed by atoms with Crippen LogP contribution < -0.4 is 5.32 Å². The summed E-state index contributed by atoms with van der Waals surface area (Å²) < 4.78 is 2.10. The molecule has 1 rings (SSSR count). The minimum absolute atomic E-state index is 0.110. The van der Waals surface area contributed by atoms with Gasteiger partial charge in [-0.25, -0.2) is 0 Å². The molecule has 0 unspecified atom stereocenters. The lowest BCUT2D eigenvalue weighted by molar-refractivity contribution is 0.0928. The van der Waals surface area contributed by atoms with E-state index in [1.807, 2.05) is 13.0 Å². The third-order valence-electron chi connectivity index (χ3n) is 2.40. The zero-order valence-corrected chi connectivity index (χ0v) is 10.1. The van der Waals surface area contributed by atoms with Gasteiger partial charge < -0.3 is 14.9 Å². The molecule has 6 heteroatoms. The van der Waals surface area contributed by atoms with Gasteiger partial charge in [0.05, 0.1) is 12.5 Å². The molecule has 0 fully saturated rings. The van der Waals surface area contributed by atoms with Gasteiger partial charge in [-0.2, -0.15) is 5.26 Å². The number of imidazole rings is 1. The van der Waals surface area contributed by atoms with E-state index in [-0.39, 0.29) is 11.9 Å². The molecular weight excluding hydrogens is 224 g/mol. The molecule has 1 amide bonds. The lowest BCUT2D eigenvalue weighted by Crippen LogP contribution is -2.35. The Kier molecular flexibility index (Phi) is 4.26. The molecule has 0 aromatic carbocycles. The Labute approximate surface area is 99.1 Å². The van der Waals surface area contributed by atoms with Gasteiger partial charge in [-0.15, -0.1) is 0 Å². The molecule has 2 N–H and O–H groups in total. The zero-order valence-electron chi connectivity index (χ0n) is 9.28. The quantitative estimate of drug-likeness (QED) is 0.781.